The van der Waals surface area contributed by atoms with E-state index in [1.165, 1.54) is 0 Å². The molecule has 1 aromatic rings. The van der Waals surface area contributed by atoms with Gasteiger partial charge in [0.25, 0.3) is 0 Å². The van der Waals surface area contributed by atoms with Crippen LogP contribution in [0.3, 0.4) is 0 Å². The molecule has 0 aliphatic carbocycles. The van der Waals surface area contributed by atoms with Gasteiger partial charge in [-0.3, -0.25) is 4.79 Å². The molecule has 92 valence electrons. The Bertz CT molecular complexity index is 405. The van der Waals surface area contributed by atoms with E-state index in [9.17, 15) is 9.90 Å². The Kier molecular flexibility index (Phi) is 3.64. The number of nitrogens with one attached hydrogen (secondary N) is 1. The minimum Gasteiger partial charge on any atom is -0.508 e. The summed E-state index contributed by atoms with van der Waals surface area (Å²) >= 11 is 0. The fraction of sp³-hybridized carbons (Fsp3) is 0.462. The van der Waals surface area contributed by atoms with Gasteiger partial charge in [0.1, 0.15) is 5.75 Å². The number of phenolic OH excluding ortho intramolecular Hbond substituents is 1. The van der Waals surface area contributed by atoms with Crippen LogP contribution in [0.2, 0.25) is 0 Å². The summed E-state index contributed by atoms with van der Waals surface area (Å²) in [5.41, 5.74) is 1.02. The molecule has 1 aromatic carbocycles. The van der Waals surface area contributed by atoms with E-state index in [1.54, 1.807) is 18.2 Å². The zero-order chi connectivity index (χ0) is 12.3. The van der Waals surface area contributed by atoms with Gasteiger partial charge < -0.3 is 15.5 Å². The van der Waals surface area contributed by atoms with Crippen molar-refractivity contribution in [1.29, 1.82) is 0 Å². The largest absolute Gasteiger partial charge is 0.508 e. The second kappa shape index (κ2) is 5.19. The summed E-state index contributed by atoms with van der Waals surface area (Å²) in [7, 11) is 0. The SMILES string of the molecule is O=C(O)CC1CCNCC1c1cccc(O)c1. The average Bonchev–Trinajstić information content (AvgIpc) is 2.29. The molecule has 1 fully saturated rings. The molecule has 2 unspecified atom stereocenters. The van der Waals surface area contributed by atoms with Crippen LogP contribution < -0.4 is 5.32 Å². The molecule has 1 heterocycles. The van der Waals surface area contributed by atoms with Gasteiger partial charge >= 0.3 is 5.97 Å². The number of aliphatic carboxylic acids is 1. The van der Waals surface area contributed by atoms with Crippen molar-refractivity contribution in [2.45, 2.75) is 18.8 Å². The van der Waals surface area contributed by atoms with E-state index in [4.69, 9.17) is 5.11 Å². The van der Waals surface area contributed by atoms with Crippen LogP contribution in [-0.2, 0) is 4.79 Å². The van der Waals surface area contributed by atoms with Gasteiger partial charge in [0, 0.05) is 13.0 Å². The van der Waals surface area contributed by atoms with Crippen LogP contribution in [0.15, 0.2) is 24.3 Å². The molecular formula is C13H17NO3. The smallest absolute Gasteiger partial charge is 0.303 e. The second-order valence-electron chi connectivity index (χ2n) is 4.55. The summed E-state index contributed by atoms with van der Waals surface area (Å²) in [6.07, 6.45) is 1.06. The van der Waals surface area contributed by atoms with E-state index < -0.39 is 5.97 Å². The number of hydrogen-bond donors (Lipinski definition) is 3. The lowest BCUT2D eigenvalue weighted by atomic mass is 9.79. The van der Waals surface area contributed by atoms with Crippen molar-refractivity contribution in [2.75, 3.05) is 13.1 Å². The highest BCUT2D eigenvalue weighted by Gasteiger charge is 2.28. The Labute approximate surface area is 100 Å². The van der Waals surface area contributed by atoms with Crippen molar-refractivity contribution in [3.05, 3.63) is 29.8 Å². The minimum absolute atomic E-state index is 0.149. The first-order valence-corrected chi connectivity index (χ1v) is 5.88. The van der Waals surface area contributed by atoms with E-state index in [0.29, 0.717) is 0 Å². The van der Waals surface area contributed by atoms with Gasteiger partial charge in [0.2, 0.25) is 0 Å². The Morgan fingerprint density at radius 1 is 1.47 bits per heavy atom. The lowest BCUT2D eigenvalue weighted by Gasteiger charge is -2.31. The van der Waals surface area contributed by atoms with Crippen LogP contribution in [0, 0.1) is 5.92 Å². The zero-order valence-corrected chi connectivity index (χ0v) is 9.60. The number of aromatic hydroxyl groups is 1. The monoisotopic (exact) mass is 235 g/mol. The molecular weight excluding hydrogens is 218 g/mol. The molecule has 2 atom stereocenters. The molecule has 1 aliphatic heterocycles. The maximum atomic E-state index is 10.8. The van der Waals surface area contributed by atoms with Crippen molar-refractivity contribution in [3.8, 4) is 5.75 Å². The van der Waals surface area contributed by atoms with Gasteiger partial charge in [-0.15, -0.1) is 0 Å². The lowest BCUT2D eigenvalue weighted by molar-refractivity contribution is -0.138. The van der Waals surface area contributed by atoms with Crippen LogP contribution >= 0.6 is 0 Å². The van der Waals surface area contributed by atoms with Crippen molar-refractivity contribution < 1.29 is 15.0 Å². The minimum atomic E-state index is -0.748. The number of piperidine rings is 1. The first-order valence-electron chi connectivity index (χ1n) is 5.88. The number of rotatable bonds is 3. The number of benzene rings is 1. The second-order valence-corrected chi connectivity index (χ2v) is 4.55. The van der Waals surface area contributed by atoms with Crippen molar-refractivity contribution in [2.24, 2.45) is 5.92 Å². The summed E-state index contributed by atoms with van der Waals surface area (Å²) in [5, 5.41) is 21.7. The van der Waals surface area contributed by atoms with E-state index in [-0.39, 0.29) is 24.0 Å². The Balaban J connectivity index is 2.18. The molecule has 0 spiro atoms. The highest BCUT2D eigenvalue weighted by molar-refractivity contribution is 5.67. The van der Waals surface area contributed by atoms with E-state index in [1.807, 2.05) is 6.07 Å². The highest BCUT2D eigenvalue weighted by Crippen LogP contribution is 2.32. The van der Waals surface area contributed by atoms with Crippen LogP contribution in [0.5, 0.6) is 5.75 Å². The van der Waals surface area contributed by atoms with Gasteiger partial charge in [-0.25, -0.2) is 0 Å². The van der Waals surface area contributed by atoms with Gasteiger partial charge in [0.05, 0.1) is 0 Å². The fourth-order valence-electron chi connectivity index (χ4n) is 2.53. The molecule has 4 heteroatoms. The molecule has 0 amide bonds. The molecule has 1 aliphatic rings. The molecule has 0 radical (unpaired) electrons. The van der Waals surface area contributed by atoms with E-state index in [0.717, 1.165) is 25.1 Å². The predicted molar refractivity (Wildman–Crippen MR) is 64.1 cm³/mol. The molecule has 2 rings (SSSR count). The standard InChI is InChI=1S/C13H17NO3/c15-11-3-1-2-9(6-11)12-8-14-5-4-10(12)7-13(16)17/h1-3,6,10,12,14-15H,4-5,7-8H2,(H,16,17). The maximum Gasteiger partial charge on any atom is 0.303 e. The maximum absolute atomic E-state index is 10.8. The quantitative estimate of drug-likeness (QED) is 0.743. The Morgan fingerprint density at radius 3 is 3.00 bits per heavy atom. The highest BCUT2D eigenvalue weighted by atomic mass is 16.4. The number of carbonyl (C=O) groups is 1. The van der Waals surface area contributed by atoms with Crippen molar-refractivity contribution in [1.82, 2.24) is 5.32 Å². The normalized spacial score (nSPS) is 24.5. The number of carboxylic acid groups (broad SMARTS) is 1. The first-order chi connectivity index (χ1) is 8.16. The van der Waals surface area contributed by atoms with Gasteiger partial charge in [-0.2, -0.15) is 0 Å². The van der Waals surface area contributed by atoms with Crippen LogP contribution in [0.4, 0.5) is 0 Å². The average molecular weight is 235 g/mol. The van der Waals surface area contributed by atoms with Gasteiger partial charge in [-0.1, -0.05) is 12.1 Å². The summed E-state index contributed by atoms with van der Waals surface area (Å²) in [5.74, 6) is -0.188. The van der Waals surface area contributed by atoms with Crippen molar-refractivity contribution in [3.63, 3.8) is 0 Å². The van der Waals surface area contributed by atoms with Gasteiger partial charge in [0.15, 0.2) is 0 Å². The topological polar surface area (TPSA) is 69.6 Å². The third-order valence-corrected chi connectivity index (χ3v) is 3.36. The third kappa shape index (κ3) is 2.97. The lowest BCUT2D eigenvalue weighted by Crippen LogP contribution is -2.36. The summed E-state index contributed by atoms with van der Waals surface area (Å²) in [4.78, 5) is 10.8. The summed E-state index contributed by atoms with van der Waals surface area (Å²) in [6.45, 7) is 1.65. The number of phenols is 1. The molecule has 3 N–H and O–H groups in total. The molecule has 0 bridgehead atoms. The van der Waals surface area contributed by atoms with E-state index >= 15 is 0 Å². The predicted octanol–water partition coefficient (Wildman–Crippen LogP) is 1.56. The Hall–Kier alpha value is -1.55. The molecule has 4 nitrogen and oxygen atoms in total. The first kappa shape index (κ1) is 11.9. The van der Waals surface area contributed by atoms with Crippen LogP contribution in [-0.4, -0.2) is 29.3 Å². The van der Waals surface area contributed by atoms with Gasteiger partial charge in [-0.05, 0) is 42.5 Å². The van der Waals surface area contributed by atoms with Crippen molar-refractivity contribution >= 4 is 5.97 Å². The molecule has 1 saturated heterocycles. The van der Waals surface area contributed by atoms with E-state index in [2.05, 4.69) is 5.32 Å². The van der Waals surface area contributed by atoms with Crippen LogP contribution in [0.1, 0.15) is 24.3 Å². The number of hydrogen-bond acceptors (Lipinski definition) is 3. The molecule has 0 saturated carbocycles. The number of carboxylic acids is 1. The van der Waals surface area contributed by atoms with Crippen LogP contribution in [0.25, 0.3) is 0 Å². The Morgan fingerprint density at radius 2 is 2.29 bits per heavy atom. The third-order valence-electron chi connectivity index (χ3n) is 3.36. The molecule has 17 heavy (non-hydrogen) atoms. The molecule has 0 aromatic heterocycles. The zero-order valence-electron chi connectivity index (χ0n) is 9.60. The summed E-state index contributed by atoms with van der Waals surface area (Å²) in [6, 6.07) is 7.11. The summed E-state index contributed by atoms with van der Waals surface area (Å²) < 4.78 is 0. The fourth-order valence-corrected chi connectivity index (χ4v) is 2.53.